The molecule has 1 aromatic rings. The number of nitrogens with one attached hydrogen (secondary N) is 2. The standard InChI is InChI=1S/C16H27N5O3S/c1-20(12-15-17-6-7-18-15)16(22)19-13-2-8-21(9-3-13)14-4-10-25(23,24)11-5-14/h6-7,13-14H,2-5,8-12H2,1H3,(H,17,18)(H,19,22). The number of nitrogens with zero attached hydrogens (tertiary/aromatic N) is 3. The fourth-order valence-electron chi connectivity index (χ4n) is 3.62. The predicted molar refractivity (Wildman–Crippen MR) is 94.9 cm³/mol. The lowest BCUT2D eigenvalue weighted by Crippen LogP contribution is -2.51. The van der Waals surface area contributed by atoms with E-state index < -0.39 is 9.84 Å². The second-order valence-electron chi connectivity index (χ2n) is 7.03. The van der Waals surface area contributed by atoms with Crippen molar-refractivity contribution >= 4 is 15.9 Å². The summed E-state index contributed by atoms with van der Waals surface area (Å²) in [4.78, 5) is 23.4. The van der Waals surface area contributed by atoms with Crippen molar-refractivity contribution in [1.82, 2.24) is 25.1 Å². The number of likely N-dealkylation sites (tertiary alicyclic amines) is 1. The van der Waals surface area contributed by atoms with Crippen molar-refractivity contribution in [3.63, 3.8) is 0 Å². The molecule has 2 fully saturated rings. The van der Waals surface area contributed by atoms with Crippen LogP contribution in [0.2, 0.25) is 0 Å². The highest BCUT2D eigenvalue weighted by Crippen LogP contribution is 2.22. The minimum atomic E-state index is -2.81. The second-order valence-corrected chi connectivity index (χ2v) is 9.34. The van der Waals surface area contributed by atoms with Gasteiger partial charge in [-0.15, -0.1) is 0 Å². The third-order valence-electron chi connectivity index (χ3n) is 5.19. The maximum Gasteiger partial charge on any atom is 0.317 e. The summed E-state index contributed by atoms with van der Waals surface area (Å²) in [6, 6.07) is 0.468. The number of aromatic nitrogens is 2. The van der Waals surface area contributed by atoms with Gasteiger partial charge in [0.1, 0.15) is 15.7 Å². The Balaban J connectivity index is 1.41. The van der Waals surface area contributed by atoms with E-state index in [9.17, 15) is 13.2 Å². The Morgan fingerprint density at radius 3 is 2.60 bits per heavy atom. The molecule has 3 rings (SSSR count). The highest BCUT2D eigenvalue weighted by Gasteiger charge is 2.31. The Kier molecular flexibility index (Phi) is 5.63. The molecule has 25 heavy (non-hydrogen) atoms. The van der Waals surface area contributed by atoms with Crippen molar-refractivity contribution in [2.45, 2.75) is 44.3 Å². The number of H-pyrrole nitrogens is 1. The Labute approximate surface area is 148 Å². The van der Waals surface area contributed by atoms with Gasteiger partial charge in [0.2, 0.25) is 0 Å². The summed E-state index contributed by atoms with van der Waals surface area (Å²) in [5.74, 6) is 1.39. The third-order valence-corrected chi connectivity index (χ3v) is 6.90. The molecule has 9 heteroatoms. The summed E-state index contributed by atoms with van der Waals surface area (Å²) in [5.41, 5.74) is 0. The van der Waals surface area contributed by atoms with Crippen LogP contribution < -0.4 is 5.32 Å². The van der Waals surface area contributed by atoms with E-state index in [4.69, 9.17) is 0 Å². The van der Waals surface area contributed by atoms with Crippen LogP contribution in [-0.4, -0.2) is 77.9 Å². The number of aromatic amines is 1. The van der Waals surface area contributed by atoms with E-state index in [1.807, 2.05) is 0 Å². The maximum absolute atomic E-state index is 12.3. The normalized spacial score (nSPS) is 22.6. The molecule has 140 valence electrons. The fraction of sp³-hybridized carbons (Fsp3) is 0.750. The largest absolute Gasteiger partial charge is 0.347 e. The molecule has 8 nitrogen and oxygen atoms in total. The predicted octanol–water partition coefficient (Wildman–Crippen LogP) is 0.593. The van der Waals surface area contributed by atoms with E-state index in [0.717, 1.165) is 44.6 Å². The number of urea groups is 1. The number of carbonyl (C=O) groups is 1. The van der Waals surface area contributed by atoms with Crippen LogP contribution in [0, 0.1) is 0 Å². The monoisotopic (exact) mass is 369 g/mol. The van der Waals surface area contributed by atoms with E-state index in [-0.39, 0.29) is 12.1 Å². The number of piperidine rings is 1. The Hall–Kier alpha value is -1.61. The third kappa shape index (κ3) is 4.94. The summed E-state index contributed by atoms with van der Waals surface area (Å²) in [6.45, 7) is 2.28. The molecule has 1 aromatic heterocycles. The SMILES string of the molecule is CN(Cc1ncc[nH]1)C(=O)NC1CCN(C2CCS(=O)(=O)CC2)CC1. The minimum absolute atomic E-state index is 0.0846. The van der Waals surface area contributed by atoms with Gasteiger partial charge in [0.25, 0.3) is 0 Å². The molecular weight excluding hydrogens is 342 g/mol. The summed E-state index contributed by atoms with van der Waals surface area (Å²) < 4.78 is 23.1. The molecule has 0 aromatic carbocycles. The summed E-state index contributed by atoms with van der Waals surface area (Å²) in [6.07, 6.45) is 6.71. The average Bonchev–Trinajstić information content (AvgIpc) is 3.08. The van der Waals surface area contributed by atoms with Crippen LogP contribution in [0.4, 0.5) is 4.79 Å². The Bertz CT molecular complexity index is 654. The first-order valence-electron chi connectivity index (χ1n) is 8.87. The zero-order chi connectivity index (χ0) is 17.9. The van der Waals surface area contributed by atoms with Gasteiger partial charge in [-0.05, 0) is 25.7 Å². The molecule has 0 bridgehead atoms. The van der Waals surface area contributed by atoms with Crippen LogP contribution in [0.25, 0.3) is 0 Å². The first kappa shape index (κ1) is 18.2. The average molecular weight is 369 g/mol. The summed E-state index contributed by atoms with van der Waals surface area (Å²) in [7, 11) is -1.05. The van der Waals surface area contributed by atoms with E-state index in [0.29, 0.717) is 24.1 Å². The molecule has 0 aliphatic carbocycles. The van der Waals surface area contributed by atoms with Crippen molar-refractivity contribution in [3.05, 3.63) is 18.2 Å². The number of sulfone groups is 1. The lowest BCUT2D eigenvalue weighted by molar-refractivity contribution is 0.132. The lowest BCUT2D eigenvalue weighted by atomic mass is 10.0. The molecule has 0 saturated carbocycles. The first-order chi connectivity index (χ1) is 11.9. The van der Waals surface area contributed by atoms with Gasteiger partial charge < -0.3 is 20.1 Å². The molecule has 2 aliphatic heterocycles. The van der Waals surface area contributed by atoms with Crippen molar-refractivity contribution < 1.29 is 13.2 Å². The minimum Gasteiger partial charge on any atom is -0.347 e. The van der Waals surface area contributed by atoms with E-state index in [1.165, 1.54) is 0 Å². The smallest absolute Gasteiger partial charge is 0.317 e. The summed E-state index contributed by atoms with van der Waals surface area (Å²) in [5, 5.41) is 3.09. The highest BCUT2D eigenvalue weighted by atomic mass is 32.2. The van der Waals surface area contributed by atoms with Crippen LogP contribution in [-0.2, 0) is 16.4 Å². The zero-order valence-electron chi connectivity index (χ0n) is 14.6. The lowest BCUT2D eigenvalue weighted by Gasteiger charge is -2.39. The van der Waals surface area contributed by atoms with Gasteiger partial charge >= 0.3 is 6.03 Å². The molecule has 2 N–H and O–H groups in total. The number of carbonyl (C=O) groups excluding carboxylic acids is 1. The number of amides is 2. The van der Waals surface area contributed by atoms with Crippen LogP contribution in [0.5, 0.6) is 0 Å². The number of imidazole rings is 1. The van der Waals surface area contributed by atoms with Gasteiger partial charge in [0.15, 0.2) is 0 Å². The highest BCUT2D eigenvalue weighted by molar-refractivity contribution is 7.91. The van der Waals surface area contributed by atoms with Gasteiger partial charge in [0, 0.05) is 44.6 Å². The second kappa shape index (κ2) is 7.74. The van der Waals surface area contributed by atoms with E-state index >= 15 is 0 Å². The molecule has 2 saturated heterocycles. The van der Waals surface area contributed by atoms with Crippen LogP contribution in [0.1, 0.15) is 31.5 Å². The first-order valence-corrected chi connectivity index (χ1v) is 10.7. The zero-order valence-corrected chi connectivity index (χ0v) is 15.5. The molecule has 2 aliphatic rings. The topological polar surface area (TPSA) is 98.4 Å². The molecule has 0 radical (unpaired) electrons. The molecule has 0 unspecified atom stereocenters. The van der Waals surface area contributed by atoms with Gasteiger partial charge in [-0.2, -0.15) is 0 Å². The fourth-order valence-corrected chi connectivity index (χ4v) is 5.08. The van der Waals surface area contributed by atoms with Crippen LogP contribution in [0.15, 0.2) is 12.4 Å². The molecule has 0 spiro atoms. The number of hydrogen-bond donors (Lipinski definition) is 2. The van der Waals surface area contributed by atoms with E-state index in [2.05, 4.69) is 20.2 Å². The van der Waals surface area contributed by atoms with Crippen LogP contribution >= 0.6 is 0 Å². The molecule has 3 heterocycles. The van der Waals surface area contributed by atoms with Crippen molar-refractivity contribution in [3.8, 4) is 0 Å². The van der Waals surface area contributed by atoms with Gasteiger partial charge in [-0.25, -0.2) is 18.2 Å². The number of hydrogen-bond acceptors (Lipinski definition) is 5. The van der Waals surface area contributed by atoms with E-state index in [1.54, 1.807) is 24.3 Å². The van der Waals surface area contributed by atoms with Gasteiger partial charge in [0.05, 0.1) is 18.1 Å². The molecule has 0 atom stereocenters. The van der Waals surface area contributed by atoms with Gasteiger partial charge in [-0.3, -0.25) is 0 Å². The Morgan fingerprint density at radius 1 is 1.32 bits per heavy atom. The number of rotatable bonds is 4. The molecular formula is C16H27N5O3S. The van der Waals surface area contributed by atoms with Crippen molar-refractivity contribution in [2.24, 2.45) is 0 Å². The van der Waals surface area contributed by atoms with Crippen molar-refractivity contribution in [2.75, 3.05) is 31.6 Å². The quantitative estimate of drug-likeness (QED) is 0.809. The maximum atomic E-state index is 12.3. The Morgan fingerprint density at radius 2 is 2.00 bits per heavy atom. The molecule has 2 amide bonds. The van der Waals surface area contributed by atoms with Crippen molar-refractivity contribution in [1.29, 1.82) is 0 Å². The van der Waals surface area contributed by atoms with Crippen LogP contribution in [0.3, 0.4) is 0 Å². The van der Waals surface area contributed by atoms with Gasteiger partial charge in [-0.1, -0.05) is 0 Å². The summed E-state index contributed by atoms with van der Waals surface area (Å²) >= 11 is 0.